The van der Waals surface area contributed by atoms with Crippen LogP contribution in [0.15, 0.2) is 23.1 Å². The molecule has 5 nitrogen and oxygen atoms in total. The third kappa shape index (κ3) is 5.55. The van der Waals surface area contributed by atoms with Crippen LogP contribution in [0, 0.1) is 17.7 Å². The molecule has 0 aliphatic carbocycles. The fraction of sp³-hybridized carbons (Fsp3) is 0.385. The molecule has 2 N–H and O–H groups in total. The third-order valence-electron chi connectivity index (χ3n) is 2.39. The molecule has 0 radical (unpaired) electrons. The lowest BCUT2D eigenvalue weighted by atomic mass is 10.2. The topological polar surface area (TPSA) is 83.5 Å². The molecule has 2 atom stereocenters. The molecular weight excluding hydrogens is 317 g/mol. The summed E-state index contributed by atoms with van der Waals surface area (Å²) < 4.78 is 51.2. The fourth-order valence-corrected chi connectivity index (χ4v) is 3.77. The highest BCUT2D eigenvalue weighted by Crippen LogP contribution is 2.14. The summed E-state index contributed by atoms with van der Waals surface area (Å²) in [4.78, 5) is -0.233. The molecule has 1 rings (SSSR count). The normalized spacial score (nSPS) is 14.1. The van der Waals surface area contributed by atoms with Crippen LogP contribution in [0.4, 0.5) is 4.39 Å². The minimum Gasteiger partial charge on any atom is -0.384 e. The van der Waals surface area contributed by atoms with Gasteiger partial charge in [-0.15, -0.1) is 0 Å². The van der Waals surface area contributed by atoms with Gasteiger partial charge in [-0.3, -0.25) is 4.21 Å². The summed E-state index contributed by atoms with van der Waals surface area (Å²) in [7, 11) is -5.03. The average molecular weight is 333 g/mol. The maximum Gasteiger partial charge on any atom is 0.240 e. The molecule has 0 aromatic heterocycles. The molecular formula is C13H16FNO4S2. The predicted molar refractivity (Wildman–Crippen MR) is 79.1 cm³/mol. The van der Waals surface area contributed by atoms with Gasteiger partial charge >= 0.3 is 0 Å². The van der Waals surface area contributed by atoms with Crippen LogP contribution in [-0.4, -0.2) is 42.4 Å². The maximum atomic E-state index is 13.7. The molecule has 0 aliphatic rings. The zero-order chi connectivity index (χ0) is 16.0. The number of aliphatic hydroxyl groups is 1. The van der Waals surface area contributed by atoms with E-state index in [1.807, 2.05) is 0 Å². The summed E-state index contributed by atoms with van der Waals surface area (Å²) in [6, 6.07) is 2.79. The minimum atomic E-state index is -3.89. The van der Waals surface area contributed by atoms with Crippen LogP contribution < -0.4 is 4.72 Å². The zero-order valence-electron chi connectivity index (χ0n) is 11.6. The minimum absolute atomic E-state index is 0.00529. The molecule has 1 aromatic rings. The first-order chi connectivity index (χ1) is 9.76. The van der Waals surface area contributed by atoms with E-state index in [1.54, 1.807) is 6.92 Å². The molecule has 0 fully saturated rings. The van der Waals surface area contributed by atoms with E-state index in [0.29, 0.717) is 0 Å². The fourth-order valence-electron chi connectivity index (χ4n) is 1.62. The number of hydrogen-bond acceptors (Lipinski definition) is 4. The summed E-state index contributed by atoms with van der Waals surface area (Å²) in [6.07, 6.45) is 1.47. The van der Waals surface area contributed by atoms with E-state index in [4.69, 9.17) is 5.11 Å². The lowest BCUT2D eigenvalue weighted by Gasteiger charge is -2.13. The molecule has 0 spiro atoms. The summed E-state index contributed by atoms with van der Waals surface area (Å²) >= 11 is 0. The van der Waals surface area contributed by atoms with Crippen LogP contribution in [0.1, 0.15) is 12.5 Å². The van der Waals surface area contributed by atoms with Crippen molar-refractivity contribution >= 4 is 20.8 Å². The Morgan fingerprint density at radius 1 is 1.48 bits per heavy atom. The number of nitrogens with one attached hydrogen (secondary N) is 1. The molecule has 116 valence electrons. The Balaban J connectivity index is 2.99. The van der Waals surface area contributed by atoms with Crippen LogP contribution >= 0.6 is 0 Å². The molecule has 2 unspecified atom stereocenters. The largest absolute Gasteiger partial charge is 0.384 e. The van der Waals surface area contributed by atoms with Gasteiger partial charge in [-0.05, 0) is 25.1 Å². The van der Waals surface area contributed by atoms with Gasteiger partial charge in [0, 0.05) is 28.9 Å². The van der Waals surface area contributed by atoms with E-state index in [2.05, 4.69) is 16.6 Å². The van der Waals surface area contributed by atoms with E-state index in [0.717, 1.165) is 6.07 Å². The van der Waals surface area contributed by atoms with Crippen molar-refractivity contribution < 1.29 is 22.1 Å². The Bertz CT molecular complexity index is 692. The maximum absolute atomic E-state index is 13.7. The number of halogens is 1. The highest BCUT2D eigenvalue weighted by molar-refractivity contribution is 7.89. The SMILES string of the molecule is CC(CS(C)=O)NS(=O)(=O)c1ccc(C#CCO)c(F)c1. The summed E-state index contributed by atoms with van der Waals surface area (Å²) in [5, 5.41) is 8.55. The summed E-state index contributed by atoms with van der Waals surface area (Å²) in [5.41, 5.74) is 0.00529. The van der Waals surface area contributed by atoms with Gasteiger partial charge in [-0.25, -0.2) is 17.5 Å². The smallest absolute Gasteiger partial charge is 0.240 e. The van der Waals surface area contributed by atoms with Crippen LogP contribution in [0.2, 0.25) is 0 Å². The standard InChI is InChI=1S/C13H16FNO4S2/c1-10(9-20(2)17)15-21(18,19)12-6-5-11(4-3-7-16)13(14)8-12/h5-6,8,10,15-16H,7,9H2,1-2H3. The van der Waals surface area contributed by atoms with Crippen molar-refractivity contribution in [1.29, 1.82) is 0 Å². The molecule has 0 heterocycles. The van der Waals surface area contributed by atoms with Crippen molar-refractivity contribution in [2.24, 2.45) is 0 Å². The van der Waals surface area contributed by atoms with Crippen molar-refractivity contribution in [3.05, 3.63) is 29.6 Å². The van der Waals surface area contributed by atoms with E-state index in [-0.39, 0.29) is 16.2 Å². The van der Waals surface area contributed by atoms with Crippen LogP contribution in [0.5, 0.6) is 0 Å². The Kier molecular flexibility index (Phi) is 6.48. The Labute approximate surface area is 126 Å². The van der Waals surface area contributed by atoms with Gasteiger partial charge in [0.2, 0.25) is 10.0 Å². The van der Waals surface area contributed by atoms with Crippen molar-refractivity contribution in [1.82, 2.24) is 4.72 Å². The molecule has 0 bridgehead atoms. The first-order valence-electron chi connectivity index (χ1n) is 5.98. The van der Waals surface area contributed by atoms with E-state index >= 15 is 0 Å². The van der Waals surface area contributed by atoms with Crippen molar-refractivity contribution in [3.63, 3.8) is 0 Å². The summed E-state index contributed by atoms with van der Waals surface area (Å²) in [5.74, 6) is 4.04. The molecule has 8 heteroatoms. The number of hydrogen-bond donors (Lipinski definition) is 2. The Hall–Kier alpha value is -1.27. The zero-order valence-corrected chi connectivity index (χ0v) is 13.2. The number of rotatable bonds is 5. The van der Waals surface area contributed by atoms with Crippen molar-refractivity contribution in [2.45, 2.75) is 17.9 Å². The first kappa shape index (κ1) is 17.8. The molecule has 21 heavy (non-hydrogen) atoms. The van der Waals surface area contributed by atoms with Crippen LogP contribution in [0.25, 0.3) is 0 Å². The van der Waals surface area contributed by atoms with Crippen molar-refractivity contribution in [3.8, 4) is 11.8 Å². The number of aliphatic hydroxyl groups excluding tert-OH is 1. The molecule has 0 aliphatic heterocycles. The van der Waals surface area contributed by atoms with E-state index < -0.39 is 39.3 Å². The second-order valence-electron chi connectivity index (χ2n) is 4.36. The third-order valence-corrected chi connectivity index (χ3v) is 4.95. The highest BCUT2D eigenvalue weighted by Gasteiger charge is 2.19. The van der Waals surface area contributed by atoms with Gasteiger partial charge in [0.05, 0.1) is 10.5 Å². The van der Waals surface area contributed by atoms with Gasteiger partial charge in [0.1, 0.15) is 12.4 Å². The lowest BCUT2D eigenvalue weighted by Crippen LogP contribution is -2.36. The Morgan fingerprint density at radius 3 is 2.67 bits per heavy atom. The van der Waals surface area contributed by atoms with Crippen LogP contribution in [-0.2, 0) is 20.8 Å². The number of sulfonamides is 1. The highest BCUT2D eigenvalue weighted by atomic mass is 32.2. The van der Waals surface area contributed by atoms with E-state index in [9.17, 15) is 17.0 Å². The molecule has 0 amide bonds. The number of benzene rings is 1. The second kappa shape index (κ2) is 7.66. The monoisotopic (exact) mass is 333 g/mol. The molecule has 0 saturated carbocycles. The first-order valence-corrected chi connectivity index (χ1v) is 9.19. The van der Waals surface area contributed by atoms with E-state index in [1.165, 1.54) is 18.4 Å². The quantitative estimate of drug-likeness (QED) is 0.755. The summed E-state index contributed by atoms with van der Waals surface area (Å²) in [6.45, 7) is 1.17. The lowest BCUT2D eigenvalue weighted by molar-refractivity contribution is 0.350. The molecule has 1 aromatic carbocycles. The predicted octanol–water partition coefficient (Wildman–Crippen LogP) is 0.215. The van der Waals surface area contributed by atoms with Gasteiger partial charge in [0.15, 0.2) is 0 Å². The molecule has 0 saturated heterocycles. The van der Waals surface area contributed by atoms with Crippen molar-refractivity contribution in [2.75, 3.05) is 18.6 Å². The van der Waals surface area contributed by atoms with Crippen LogP contribution in [0.3, 0.4) is 0 Å². The van der Waals surface area contributed by atoms with Gasteiger partial charge < -0.3 is 5.11 Å². The van der Waals surface area contributed by atoms with Gasteiger partial charge in [-0.2, -0.15) is 0 Å². The Morgan fingerprint density at radius 2 is 2.14 bits per heavy atom. The van der Waals surface area contributed by atoms with Gasteiger partial charge in [0.25, 0.3) is 0 Å². The average Bonchev–Trinajstić information content (AvgIpc) is 2.35. The van der Waals surface area contributed by atoms with Gasteiger partial charge in [-0.1, -0.05) is 11.8 Å². The second-order valence-corrected chi connectivity index (χ2v) is 7.56.